The first kappa shape index (κ1) is 14.3. The third-order valence-electron chi connectivity index (χ3n) is 3.96. The number of carbonyl (C=O) groups is 1. The van der Waals surface area contributed by atoms with E-state index < -0.39 is 17.3 Å². The summed E-state index contributed by atoms with van der Waals surface area (Å²) >= 11 is 5.76. The molecule has 19 heavy (non-hydrogen) atoms. The highest BCUT2D eigenvalue weighted by Crippen LogP contribution is 2.34. The monoisotopic (exact) mass is 285 g/mol. The minimum Gasteiger partial charge on any atom is -0.480 e. The summed E-state index contributed by atoms with van der Waals surface area (Å²) in [5.74, 6) is -1.23. The highest BCUT2D eigenvalue weighted by Gasteiger charge is 2.45. The van der Waals surface area contributed by atoms with E-state index in [4.69, 9.17) is 11.6 Å². The molecule has 1 unspecified atom stereocenters. The van der Waals surface area contributed by atoms with Gasteiger partial charge < -0.3 is 5.11 Å². The molecule has 2 rings (SSSR count). The molecule has 0 radical (unpaired) electrons. The zero-order chi connectivity index (χ0) is 14.0. The number of aliphatic carboxylic acids is 1. The lowest BCUT2D eigenvalue weighted by Crippen LogP contribution is -2.49. The lowest BCUT2D eigenvalue weighted by atomic mass is 9.92. The molecule has 1 aliphatic rings. The summed E-state index contributed by atoms with van der Waals surface area (Å²) in [5.41, 5.74) is 0.0494. The van der Waals surface area contributed by atoms with E-state index >= 15 is 0 Å². The maximum atomic E-state index is 13.1. The average molecular weight is 286 g/mol. The van der Waals surface area contributed by atoms with Gasteiger partial charge in [-0.15, -0.1) is 0 Å². The summed E-state index contributed by atoms with van der Waals surface area (Å²) in [6, 6.07) is 4.54. The van der Waals surface area contributed by atoms with Crippen molar-refractivity contribution in [2.24, 2.45) is 0 Å². The number of hydrogen-bond donors (Lipinski definition) is 1. The molecule has 1 fully saturated rings. The highest BCUT2D eigenvalue weighted by molar-refractivity contribution is 6.30. The van der Waals surface area contributed by atoms with Crippen molar-refractivity contribution in [1.29, 1.82) is 0 Å². The fourth-order valence-electron chi connectivity index (χ4n) is 2.82. The van der Waals surface area contributed by atoms with Crippen molar-refractivity contribution in [2.75, 3.05) is 6.54 Å². The Labute approximate surface area is 117 Å². The maximum Gasteiger partial charge on any atom is 0.324 e. The third kappa shape index (κ3) is 2.60. The Bertz CT molecular complexity index is 494. The molecule has 0 aromatic heterocycles. The van der Waals surface area contributed by atoms with Crippen LogP contribution in [0.3, 0.4) is 0 Å². The van der Waals surface area contributed by atoms with Gasteiger partial charge in [0.1, 0.15) is 11.4 Å². The fraction of sp³-hybridized carbons (Fsp3) is 0.500. The van der Waals surface area contributed by atoms with Crippen LogP contribution in [0.1, 0.15) is 31.7 Å². The van der Waals surface area contributed by atoms with E-state index in [0.29, 0.717) is 19.4 Å². The standard InChI is InChI=1S/C14H17ClFNO2/c1-2-14(13(18)19)6-3-7-17(14)9-10-4-5-12(16)11(15)8-10/h4-5,8H,2-3,6-7,9H2,1H3,(H,18,19). The highest BCUT2D eigenvalue weighted by atomic mass is 35.5. The molecule has 0 aliphatic carbocycles. The fourth-order valence-corrected chi connectivity index (χ4v) is 3.02. The van der Waals surface area contributed by atoms with Crippen molar-refractivity contribution in [3.05, 3.63) is 34.6 Å². The molecule has 1 N–H and O–H groups in total. The summed E-state index contributed by atoms with van der Waals surface area (Å²) in [6.07, 6.45) is 2.10. The largest absolute Gasteiger partial charge is 0.480 e. The van der Waals surface area contributed by atoms with Crippen LogP contribution < -0.4 is 0 Å². The molecule has 1 aromatic rings. The molecule has 1 heterocycles. The van der Waals surface area contributed by atoms with Gasteiger partial charge in [0.15, 0.2) is 0 Å². The van der Waals surface area contributed by atoms with Crippen LogP contribution in [0, 0.1) is 5.82 Å². The normalized spacial score (nSPS) is 23.7. The average Bonchev–Trinajstić information content (AvgIpc) is 2.78. The third-order valence-corrected chi connectivity index (χ3v) is 4.25. The van der Waals surface area contributed by atoms with Crippen LogP contribution in [0.5, 0.6) is 0 Å². The first-order valence-corrected chi connectivity index (χ1v) is 6.80. The topological polar surface area (TPSA) is 40.5 Å². The first-order valence-electron chi connectivity index (χ1n) is 6.42. The Balaban J connectivity index is 2.21. The molecule has 0 spiro atoms. The Morgan fingerprint density at radius 3 is 2.89 bits per heavy atom. The van der Waals surface area contributed by atoms with E-state index in [-0.39, 0.29) is 5.02 Å². The molecular weight excluding hydrogens is 269 g/mol. The van der Waals surface area contributed by atoms with Crippen LogP contribution in [0.2, 0.25) is 5.02 Å². The number of carboxylic acid groups (broad SMARTS) is 1. The number of hydrogen-bond acceptors (Lipinski definition) is 2. The Hall–Kier alpha value is -1.13. The van der Waals surface area contributed by atoms with Crippen molar-refractivity contribution in [3.63, 3.8) is 0 Å². The van der Waals surface area contributed by atoms with Gasteiger partial charge in [-0.05, 0) is 43.5 Å². The van der Waals surface area contributed by atoms with Crippen molar-refractivity contribution in [2.45, 2.75) is 38.3 Å². The molecule has 3 nitrogen and oxygen atoms in total. The van der Waals surface area contributed by atoms with Crippen LogP contribution >= 0.6 is 11.6 Å². The smallest absolute Gasteiger partial charge is 0.324 e. The minimum atomic E-state index is -0.791. The van der Waals surface area contributed by atoms with Gasteiger partial charge in [0, 0.05) is 6.54 Å². The lowest BCUT2D eigenvalue weighted by Gasteiger charge is -2.33. The molecule has 1 saturated heterocycles. The van der Waals surface area contributed by atoms with Crippen LogP contribution in [0.25, 0.3) is 0 Å². The van der Waals surface area contributed by atoms with Gasteiger partial charge in [0.2, 0.25) is 0 Å². The van der Waals surface area contributed by atoms with Crippen LogP contribution in [0.4, 0.5) is 4.39 Å². The summed E-state index contributed by atoms with van der Waals surface area (Å²) in [7, 11) is 0. The quantitative estimate of drug-likeness (QED) is 0.923. The van der Waals surface area contributed by atoms with Gasteiger partial charge in [0.25, 0.3) is 0 Å². The van der Waals surface area contributed by atoms with E-state index in [0.717, 1.165) is 18.5 Å². The van der Waals surface area contributed by atoms with Crippen LogP contribution in [0.15, 0.2) is 18.2 Å². The zero-order valence-electron chi connectivity index (χ0n) is 10.8. The van der Waals surface area contributed by atoms with Crippen molar-refractivity contribution < 1.29 is 14.3 Å². The minimum absolute atomic E-state index is 0.0779. The molecule has 104 valence electrons. The number of nitrogens with zero attached hydrogens (tertiary/aromatic N) is 1. The first-order chi connectivity index (χ1) is 8.99. The predicted molar refractivity (Wildman–Crippen MR) is 71.7 cm³/mol. The molecule has 0 amide bonds. The number of carboxylic acids is 1. The van der Waals surface area contributed by atoms with Gasteiger partial charge in [0.05, 0.1) is 5.02 Å². The van der Waals surface area contributed by atoms with Crippen molar-refractivity contribution in [1.82, 2.24) is 4.90 Å². The molecular formula is C14H17ClFNO2. The Morgan fingerprint density at radius 2 is 2.32 bits per heavy atom. The molecule has 1 atom stereocenters. The SMILES string of the molecule is CCC1(C(=O)O)CCCN1Cc1ccc(F)c(Cl)c1. The van der Waals surface area contributed by atoms with E-state index in [2.05, 4.69) is 0 Å². The second-order valence-corrected chi connectivity index (χ2v) is 5.37. The van der Waals surface area contributed by atoms with E-state index in [1.165, 1.54) is 6.07 Å². The number of likely N-dealkylation sites (tertiary alicyclic amines) is 1. The zero-order valence-corrected chi connectivity index (χ0v) is 11.6. The molecule has 0 saturated carbocycles. The summed E-state index contributed by atoms with van der Waals surface area (Å²) in [5, 5.41) is 9.56. The van der Waals surface area contributed by atoms with E-state index in [1.54, 1.807) is 12.1 Å². The Kier molecular flexibility index (Phi) is 4.11. The second-order valence-electron chi connectivity index (χ2n) is 4.96. The summed E-state index contributed by atoms with van der Waals surface area (Å²) in [6.45, 7) is 3.12. The van der Waals surface area contributed by atoms with Crippen LogP contribution in [-0.2, 0) is 11.3 Å². The number of rotatable bonds is 4. The number of benzene rings is 1. The second kappa shape index (κ2) is 5.47. The van der Waals surface area contributed by atoms with Gasteiger partial charge in [-0.3, -0.25) is 9.69 Å². The summed E-state index contributed by atoms with van der Waals surface area (Å²) in [4.78, 5) is 13.5. The van der Waals surface area contributed by atoms with Gasteiger partial charge in [-0.2, -0.15) is 0 Å². The lowest BCUT2D eigenvalue weighted by molar-refractivity contribution is -0.150. The van der Waals surface area contributed by atoms with Gasteiger partial charge >= 0.3 is 5.97 Å². The Morgan fingerprint density at radius 1 is 1.58 bits per heavy atom. The van der Waals surface area contributed by atoms with Gasteiger partial charge in [-0.25, -0.2) is 4.39 Å². The number of halogens is 2. The van der Waals surface area contributed by atoms with Gasteiger partial charge in [-0.1, -0.05) is 24.6 Å². The van der Waals surface area contributed by atoms with Crippen molar-refractivity contribution >= 4 is 17.6 Å². The molecule has 0 bridgehead atoms. The molecule has 5 heteroatoms. The maximum absolute atomic E-state index is 13.1. The van der Waals surface area contributed by atoms with Crippen LogP contribution in [-0.4, -0.2) is 28.1 Å². The van der Waals surface area contributed by atoms with Crippen molar-refractivity contribution in [3.8, 4) is 0 Å². The molecule has 1 aliphatic heterocycles. The van der Waals surface area contributed by atoms with E-state index in [9.17, 15) is 14.3 Å². The molecule has 1 aromatic carbocycles. The summed E-state index contributed by atoms with van der Waals surface area (Å²) < 4.78 is 13.1. The van der Waals surface area contributed by atoms with E-state index in [1.807, 2.05) is 11.8 Å². The predicted octanol–water partition coefficient (Wildman–Crippen LogP) is 3.31.